The summed E-state index contributed by atoms with van der Waals surface area (Å²) in [5.74, 6) is -0.529. The second-order valence-electron chi connectivity index (χ2n) is 7.11. The van der Waals surface area contributed by atoms with E-state index in [2.05, 4.69) is 36.1 Å². The van der Waals surface area contributed by atoms with Gasteiger partial charge in [0.05, 0.1) is 11.9 Å². The highest BCUT2D eigenvalue weighted by molar-refractivity contribution is 6.02. The van der Waals surface area contributed by atoms with Crippen molar-refractivity contribution >= 4 is 11.6 Å². The van der Waals surface area contributed by atoms with Crippen LogP contribution >= 0.6 is 0 Å². The number of carbonyl (C=O) groups is 1. The van der Waals surface area contributed by atoms with Crippen LogP contribution in [0.4, 0.5) is 5.69 Å². The van der Waals surface area contributed by atoms with Crippen LogP contribution in [-0.2, 0) is 5.41 Å². The monoisotopic (exact) mass is 361 g/mol. The van der Waals surface area contributed by atoms with Crippen LogP contribution in [0, 0.1) is 0 Å². The SMILES string of the molecule is CCC(C)(C)c1ccc(NC(=O)c2ncc(-c3ccccc3)[nH]c2=O)cc1. The average molecular weight is 361 g/mol. The number of H-pyrrole nitrogens is 1. The average Bonchev–Trinajstić information content (AvgIpc) is 2.69. The van der Waals surface area contributed by atoms with E-state index >= 15 is 0 Å². The number of aromatic amines is 1. The minimum Gasteiger partial charge on any atom is -0.320 e. The van der Waals surface area contributed by atoms with Gasteiger partial charge >= 0.3 is 0 Å². The molecule has 1 aromatic heterocycles. The quantitative estimate of drug-likeness (QED) is 0.708. The molecule has 0 unspecified atom stereocenters. The molecule has 2 aromatic carbocycles. The molecule has 0 bridgehead atoms. The van der Waals surface area contributed by atoms with E-state index in [0.29, 0.717) is 11.4 Å². The molecule has 5 heteroatoms. The Hall–Kier alpha value is -3.21. The van der Waals surface area contributed by atoms with E-state index in [1.54, 1.807) is 0 Å². The molecule has 0 radical (unpaired) electrons. The Bertz CT molecular complexity index is 990. The molecule has 0 aliphatic rings. The van der Waals surface area contributed by atoms with E-state index in [-0.39, 0.29) is 11.1 Å². The number of hydrogen-bond acceptors (Lipinski definition) is 3. The fraction of sp³-hybridized carbons (Fsp3) is 0.227. The summed E-state index contributed by atoms with van der Waals surface area (Å²) in [5, 5.41) is 2.73. The van der Waals surface area contributed by atoms with Gasteiger partial charge in [-0.3, -0.25) is 9.59 Å². The maximum absolute atomic E-state index is 12.4. The molecule has 0 fully saturated rings. The van der Waals surface area contributed by atoms with Crippen LogP contribution < -0.4 is 10.9 Å². The lowest BCUT2D eigenvalue weighted by molar-refractivity contribution is 0.102. The standard InChI is InChI=1S/C22H23N3O2/c1-4-22(2,3)16-10-12-17(13-11-16)24-20(26)19-21(27)25-18(14-23-19)15-8-6-5-7-9-15/h5-14H,4H2,1-3H3,(H,24,26)(H,25,27). The van der Waals surface area contributed by atoms with Crippen molar-refractivity contribution in [2.45, 2.75) is 32.6 Å². The minimum absolute atomic E-state index is 0.0779. The van der Waals surface area contributed by atoms with E-state index < -0.39 is 11.5 Å². The van der Waals surface area contributed by atoms with E-state index in [4.69, 9.17) is 0 Å². The van der Waals surface area contributed by atoms with Crippen LogP contribution in [0.2, 0.25) is 0 Å². The fourth-order valence-corrected chi connectivity index (χ4v) is 2.73. The fourth-order valence-electron chi connectivity index (χ4n) is 2.73. The van der Waals surface area contributed by atoms with Gasteiger partial charge in [0, 0.05) is 5.69 Å². The van der Waals surface area contributed by atoms with Gasteiger partial charge in [-0.05, 0) is 35.1 Å². The van der Waals surface area contributed by atoms with Crippen molar-refractivity contribution in [1.29, 1.82) is 0 Å². The Labute approximate surface area is 158 Å². The molecule has 27 heavy (non-hydrogen) atoms. The molecule has 5 nitrogen and oxygen atoms in total. The van der Waals surface area contributed by atoms with Gasteiger partial charge in [-0.2, -0.15) is 0 Å². The first-order chi connectivity index (χ1) is 12.9. The third-order valence-electron chi connectivity index (χ3n) is 4.89. The molecule has 1 amide bonds. The second-order valence-corrected chi connectivity index (χ2v) is 7.11. The van der Waals surface area contributed by atoms with Crippen LogP contribution in [0.15, 0.2) is 65.6 Å². The van der Waals surface area contributed by atoms with Gasteiger partial charge in [0.1, 0.15) is 0 Å². The van der Waals surface area contributed by atoms with Gasteiger partial charge in [-0.1, -0.05) is 63.2 Å². The highest BCUT2D eigenvalue weighted by atomic mass is 16.2. The van der Waals surface area contributed by atoms with Crippen molar-refractivity contribution in [3.63, 3.8) is 0 Å². The first-order valence-corrected chi connectivity index (χ1v) is 8.97. The highest BCUT2D eigenvalue weighted by Crippen LogP contribution is 2.27. The molecule has 3 rings (SSSR count). The maximum atomic E-state index is 12.4. The second kappa shape index (κ2) is 7.58. The van der Waals surface area contributed by atoms with E-state index in [1.165, 1.54) is 11.8 Å². The van der Waals surface area contributed by atoms with E-state index in [9.17, 15) is 9.59 Å². The zero-order valence-corrected chi connectivity index (χ0v) is 15.7. The Morgan fingerprint density at radius 2 is 1.74 bits per heavy atom. The van der Waals surface area contributed by atoms with Gasteiger partial charge < -0.3 is 10.3 Å². The van der Waals surface area contributed by atoms with Gasteiger partial charge in [0.2, 0.25) is 0 Å². The minimum atomic E-state index is -0.529. The molecule has 2 N–H and O–H groups in total. The zero-order valence-electron chi connectivity index (χ0n) is 15.7. The number of benzene rings is 2. The third-order valence-corrected chi connectivity index (χ3v) is 4.89. The maximum Gasteiger partial charge on any atom is 0.280 e. The summed E-state index contributed by atoms with van der Waals surface area (Å²) in [6.45, 7) is 6.50. The number of amides is 1. The smallest absolute Gasteiger partial charge is 0.280 e. The number of hydrogen-bond donors (Lipinski definition) is 2. The van der Waals surface area contributed by atoms with Crippen molar-refractivity contribution < 1.29 is 4.79 Å². The normalized spacial score (nSPS) is 11.2. The lowest BCUT2D eigenvalue weighted by Crippen LogP contribution is -2.25. The summed E-state index contributed by atoms with van der Waals surface area (Å²) in [5.41, 5.74) is 2.64. The molecule has 1 heterocycles. The van der Waals surface area contributed by atoms with Crippen LogP contribution in [0.1, 0.15) is 43.2 Å². The topological polar surface area (TPSA) is 74.8 Å². The molecule has 0 atom stereocenters. The van der Waals surface area contributed by atoms with Crippen molar-refractivity contribution in [2.24, 2.45) is 0 Å². The highest BCUT2D eigenvalue weighted by Gasteiger charge is 2.18. The predicted molar refractivity (Wildman–Crippen MR) is 108 cm³/mol. The Morgan fingerprint density at radius 1 is 1.07 bits per heavy atom. The molecule has 0 aliphatic carbocycles. The van der Waals surface area contributed by atoms with Gasteiger partial charge in [-0.25, -0.2) is 4.98 Å². The summed E-state index contributed by atoms with van der Waals surface area (Å²) in [6.07, 6.45) is 2.52. The number of carbonyl (C=O) groups excluding carboxylic acids is 1. The summed E-state index contributed by atoms with van der Waals surface area (Å²) in [7, 11) is 0. The van der Waals surface area contributed by atoms with Crippen molar-refractivity contribution in [2.75, 3.05) is 5.32 Å². The zero-order chi connectivity index (χ0) is 19.4. The number of rotatable bonds is 5. The molecular weight excluding hydrogens is 338 g/mol. The van der Waals surface area contributed by atoms with Crippen molar-refractivity contribution in [3.8, 4) is 11.3 Å². The Kier molecular flexibility index (Phi) is 5.21. The van der Waals surface area contributed by atoms with E-state index in [1.807, 2.05) is 54.6 Å². The van der Waals surface area contributed by atoms with Gasteiger partial charge in [0.15, 0.2) is 5.69 Å². The summed E-state index contributed by atoms with van der Waals surface area (Å²) >= 11 is 0. The number of aromatic nitrogens is 2. The Balaban J connectivity index is 1.78. The van der Waals surface area contributed by atoms with E-state index in [0.717, 1.165) is 12.0 Å². The molecule has 0 aliphatic heterocycles. The first kappa shape index (κ1) is 18.6. The number of nitrogens with one attached hydrogen (secondary N) is 2. The van der Waals surface area contributed by atoms with Gasteiger partial charge in [0.25, 0.3) is 11.5 Å². The first-order valence-electron chi connectivity index (χ1n) is 8.97. The number of anilines is 1. The number of nitrogens with zero attached hydrogens (tertiary/aromatic N) is 1. The third kappa shape index (κ3) is 4.14. The largest absolute Gasteiger partial charge is 0.320 e. The van der Waals surface area contributed by atoms with Crippen LogP contribution in [0.25, 0.3) is 11.3 Å². The summed E-state index contributed by atoms with van der Waals surface area (Å²) in [6, 6.07) is 17.1. The molecule has 138 valence electrons. The van der Waals surface area contributed by atoms with Crippen LogP contribution in [-0.4, -0.2) is 15.9 Å². The molecule has 0 saturated carbocycles. The molecule has 0 spiro atoms. The molecular formula is C22H23N3O2. The van der Waals surface area contributed by atoms with Crippen LogP contribution in [0.5, 0.6) is 0 Å². The van der Waals surface area contributed by atoms with Crippen LogP contribution in [0.3, 0.4) is 0 Å². The molecule has 0 saturated heterocycles. The lowest BCUT2D eigenvalue weighted by Gasteiger charge is -2.23. The summed E-state index contributed by atoms with van der Waals surface area (Å²) in [4.78, 5) is 31.5. The van der Waals surface area contributed by atoms with Gasteiger partial charge in [-0.15, -0.1) is 0 Å². The molecule has 3 aromatic rings. The Morgan fingerprint density at radius 3 is 2.33 bits per heavy atom. The summed E-state index contributed by atoms with van der Waals surface area (Å²) < 4.78 is 0. The predicted octanol–water partition coefficient (Wildman–Crippen LogP) is 4.38. The lowest BCUT2D eigenvalue weighted by atomic mass is 9.82. The van der Waals surface area contributed by atoms with Crippen molar-refractivity contribution in [1.82, 2.24) is 9.97 Å². The van der Waals surface area contributed by atoms with Crippen molar-refractivity contribution in [3.05, 3.63) is 82.4 Å².